The molecule has 0 aliphatic rings. The first kappa shape index (κ1) is 14.4. The molecule has 6 heteroatoms. The molecule has 1 aromatic rings. The zero-order chi connectivity index (χ0) is 12.6. The molecule has 0 saturated heterocycles. The normalized spacial score (nSPS) is 13.7. The molecular weight excluding hydrogens is 258 g/mol. The van der Waals surface area contributed by atoms with Crippen molar-refractivity contribution in [2.45, 2.75) is 12.8 Å². The standard InChI is InChI=1S/C11H14O4P2/c12-16-9-4-10-17(13,14)15-8-7-11-5-2-1-3-6-11/h1-3,5-6H,4,7-8,10H2,(H,13,14). The molecule has 0 saturated carbocycles. The molecule has 0 aliphatic heterocycles. The van der Waals surface area contributed by atoms with Gasteiger partial charge in [0.15, 0.2) is 0 Å². The predicted octanol–water partition coefficient (Wildman–Crippen LogP) is 3.07. The van der Waals surface area contributed by atoms with Crippen molar-refractivity contribution >= 4 is 15.5 Å². The second kappa shape index (κ2) is 7.66. The van der Waals surface area contributed by atoms with E-state index in [4.69, 9.17) is 4.52 Å². The molecule has 0 amide bonds. The maximum absolute atomic E-state index is 11.5. The molecule has 4 nitrogen and oxygen atoms in total. The fraction of sp³-hybridized carbons (Fsp3) is 0.364. The molecule has 0 heterocycles. The van der Waals surface area contributed by atoms with Crippen LogP contribution in [0.5, 0.6) is 0 Å². The van der Waals surface area contributed by atoms with E-state index in [9.17, 15) is 14.0 Å². The minimum atomic E-state index is -3.57. The molecule has 0 aliphatic carbocycles. The molecule has 0 fully saturated rings. The van der Waals surface area contributed by atoms with Crippen LogP contribution in [0.4, 0.5) is 0 Å². The van der Waals surface area contributed by atoms with Crippen LogP contribution in [0.25, 0.3) is 0 Å². The van der Waals surface area contributed by atoms with Gasteiger partial charge in [0.2, 0.25) is 0 Å². The van der Waals surface area contributed by atoms with Crippen LogP contribution in [0.15, 0.2) is 30.3 Å². The van der Waals surface area contributed by atoms with Gasteiger partial charge in [0.25, 0.3) is 0 Å². The van der Waals surface area contributed by atoms with E-state index in [1.54, 1.807) is 0 Å². The second-order valence-corrected chi connectivity index (χ2v) is 5.91. The van der Waals surface area contributed by atoms with Crippen LogP contribution >= 0.6 is 15.5 Å². The van der Waals surface area contributed by atoms with Gasteiger partial charge in [0.05, 0.1) is 0 Å². The van der Waals surface area contributed by atoms with Crippen LogP contribution in [0.1, 0.15) is 12.0 Å². The fourth-order valence-corrected chi connectivity index (χ4v) is 2.53. The minimum absolute atomic E-state index is 0.0446. The molecule has 1 N–H and O–H groups in total. The summed E-state index contributed by atoms with van der Waals surface area (Å²) < 4.78 is 26.5. The number of benzene rings is 1. The average molecular weight is 272 g/mol. The summed E-state index contributed by atoms with van der Waals surface area (Å²) in [5, 5.41) is 0. The molecule has 1 aromatic carbocycles. The Bertz CT molecular complexity index is 480. The summed E-state index contributed by atoms with van der Waals surface area (Å²) in [5.41, 5.74) is 3.48. The molecule has 0 radical (unpaired) electrons. The van der Waals surface area contributed by atoms with Crippen molar-refractivity contribution in [3.05, 3.63) is 35.9 Å². The first-order chi connectivity index (χ1) is 8.14. The third-order valence-corrected chi connectivity index (χ3v) is 3.82. The van der Waals surface area contributed by atoms with Crippen molar-refractivity contribution in [3.8, 4) is 5.63 Å². The summed E-state index contributed by atoms with van der Waals surface area (Å²) in [6.45, 7) is 0.201. The molecule has 1 atom stereocenters. The third kappa shape index (κ3) is 6.63. The summed E-state index contributed by atoms with van der Waals surface area (Å²) >= 11 is 0. The van der Waals surface area contributed by atoms with Gasteiger partial charge in [0, 0.05) is 0 Å². The SMILES string of the molecule is O=P#CCCP(=O)(O)OCCc1ccccc1. The average Bonchev–Trinajstić information content (AvgIpc) is 2.30. The van der Waals surface area contributed by atoms with Crippen LogP contribution in [0.3, 0.4) is 0 Å². The quantitative estimate of drug-likeness (QED) is 0.808. The van der Waals surface area contributed by atoms with Crippen molar-refractivity contribution < 1.29 is 18.5 Å². The Morgan fingerprint density at radius 3 is 2.71 bits per heavy atom. The van der Waals surface area contributed by atoms with E-state index in [1.807, 2.05) is 30.3 Å². The van der Waals surface area contributed by atoms with E-state index in [-0.39, 0.29) is 27.1 Å². The summed E-state index contributed by atoms with van der Waals surface area (Å²) in [5.74, 6) is 0. The Morgan fingerprint density at radius 1 is 1.35 bits per heavy atom. The van der Waals surface area contributed by atoms with E-state index in [0.29, 0.717) is 6.42 Å². The Hall–Kier alpha value is -0.620. The van der Waals surface area contributed by atoms with Gasteiger partial charge in [-0.15, -0.1) is 0 Å². The van der Waals surface area contributed by atoms with Gasteiger partial charge in [-0.05, 0) is 0 Å². The van der Waals surface area contributed by atoms with Crippen molar-refractivity contribution in [2.24, 2.45) is 0 Å². The Kier molecular flexibility index (Phi) is 6.50. The molecule has 0 spiro atoms. The van der Waals surface area contributed by atoms with Gasteiger partial charge >= 0.3 is 101 Å². The van der Waals surface area contributed by atoms with Crippen LogP contribution < -0.4 is 0 Å². The van der Waals surface area contributed by atoms with Crippen LogP contribution in [-0.2, 0) is 20.1 Å². The molecule has 1 rings (SSSR count). The molecule has 92 valence electrons. The van der Waals surface area contributed by atoms with E-state index in [2.05, 4.69) is 5.63 Å². The van der Waals surface area contributed by atoms with Crippen LogP contribution in [-0.4, -0.2) is 17.7 Å². The number of hydrogen-bond acceptors (Lipinski definition) is 3. The second-order valence-electron chi connectivity index (χ2n) is 3.43. The predicted molar refractivity (Wildman–Crippen MR) is 66.9 cm³/mol. The van der Waals surface area contributed by atoms with E-state index < -0.39 is 7.60 Å². The van der Waals surface area contributed by atoms with Crippen molar-refractivity contribution in [1.82, 2.24) is 0 Å². The first-order valence-electron chi connectivity index (χ1n) is 5.19. The van der Waals surface area contributed by atoms with Gasteiger partial charge < -0.3 is 0 Å². The molecule has 0 bridgehead atoms. The molecular formula is C11H14O4P2. The van der Waals surface area contributed by atoms with E-state index >= 15 is 0 Å². The van der Waals surface area contributed by atoms with Crippen LogP contribution in [0.2, 0.25) is 0 Å². The Morgan fingerprint density at radius 2 is 2.06 bits per heavy atom. The summed E-state index contributed by atoms with van der Waals surface area (Å²) in [4.78, 5) is 9.41. The van der Waals surface area contributed by atoms with E-state index in [1.165, 1.54) is 0 Å². The topological polar surface area (TPSA) is 63.6 Å². The van der Waals surface area contributed by atoms with E-state index in [0.717, 1.165) is 5.56 Å². The summed E-state index contributed by atoms with van der Waals surface area (Å²) in [6.07, 6.45) is 0.736. The van der Waals surface area contributed by atoms with Gasteiger partial charge in [-0.1, -0.05) is 0 Å². The molecule has 17 heavy (non-hydrogen) atoms. The Labute approximate surface area is 102 Å². The number of hydrogen-bond donors (Lipinski definition) is 1. The molecule has 1 unspecified atom stereocenters. The van der Waals surface area contributed by atoms with Crippen molar-refractivity contribution in [2.75, 3.05) is 12.8 Å². The zero-order valence-corrected chi connectivity index (χ0v) is 11.1. The Balaban J connectivity index is 2.31. The summed E-state index contributed by atoms with van der Waals surface area (Å²) in [6, 6.07) is 9.60. The van der Waals surface area contributed by atoms with Gasteiger partial charge in [0.1, 0.15) is 0 Å². The van der Waals surface area contributed by atoms with Crippen molar-refractivity contribution in [3.63, 3.8) is 0 Å². The fourth-order valence-electron chi connectivity index (χ4n) is 1.25. The molecule has 0 aromatic heterocycles. The number of rotatable bonds is 6. The summed E-state index contributed by atoms with van der Waals surface area (Å²) in [7, 11) is -3.81. The van der Waals surface area contributed by atoms with Gasteiger partial charge in [-0.3, -0.25) is 0 Å². The first-order valence-corrected chi connectivity index (χ1v) is 7.77. The van der Waals surface area contributed by atoms with Crippen molar-refractivity contribution in [1.29, 1.82) is 0 Å². The van der Waals surface area contributed by atoms with Gasteiger partial charge in [-0.25, -0.2) is 0 Å². The monoisotopic (exact) mass is 272 g/mol. The zero-order valence-electron chi connectivity index (χ0n) is 9.28. The van der Waals surface area contributed by atoms with Gasteiger partial charge in [-0.2, -0.15) is 0 Å². The van der Waals surface area contributed by atoms with Crippen LogP contribution in [0, 0.1) is 5.63 Å². The third-order valence-electron chi connectivity index (χ3n) is 2.10. The maximum atomic E-state index is 11.5.